The summed E-state index contributed by atoms with van der Waals surface area (Å²) in [7, 11) is -4.48. The SMILES string of the molecule is C[C@@H](C(=O)NC1CCCC1)N(Cc1cccc(Br)c1)C(=O)CN(c1cccc(C(F)(F)F)c1)S(=O)(=O)c1ccccc1. The Labute approximate surface area is 251 Å². The van der Waals surface area contributed by atoms with E-state index in [1.165, 1.54) is 35.2 Å². The van der Waals surface area contributed by atoms with Crippen molar-refractivity contribution in [2.75, 3.05) is 10.8 Å². The molecule has 0 saturated heterocycles. The van der Waals surface area contributed by atoms with Crippen molar-refractivity contribution in [1.29, 1.82) is 0 Å². The lowest BCUT2D eigenvalue weighted by molar-refractivity contribution is -0.139. The van der Waals surface area contributed by atoms with E-state index < -0.39 is 40.3 Å². The van der Waals surface area contributed by atoms with Crippen LogP contribution < -0.4 is 9.62 Å². The van der Waals surface area contributed by atoms with Gasteiger partial charge in [0.25, 0.3) is 10.0 Å². The maximum atomic E-state index is 14.0. The predicted octanol–water partition coefficient (Wildman–Crippen LogP) is 6.14. The third-order valence-corrected chi connectivity index (χ3v) is 9.46. The number of hydrogen-bond donors (Lipinski definition) is 1. The largest absolute Gasteiger partial charge is 0.416 e. The molecule has 1 N–H and O–H groups in total. The van der Waals surface area contributed by atoms with E-state index in [-0.39, 0.29) is 29.1 Å². The summed E-state index contributed by atoms with van der Waals surface area (Å²) in [6.45, 7) is 0.702. The molecule has 42 heavy (non-hydrogen) atoms. The second-order valence-corrected chi connectivity index (χ2v) is 13.0. The first-order valence-corrected chi connectivity index (χ1v) is 15.7. The van der Waals surface area contributed by atoms with Crippen molar-refractivity contribution >= 4 is 43.5 Å². The fourth-order valence-electron chi connectivity index (χ4n) is 4.89. The topological polar surface area (TPSA) is 86.8 Å². The summed E-state index contributed by atoms with van der Waals surface area (Å²) in [6, 6.07) is 17.1. The third kappa shape index (κ3) is 7.71. The second kappa shape index (κ2) is 13.3. The Balaban J connectivity index is 1.72. The number of rotatable bonds is 10. The lowest BCUT2D eigenvalue weighted by atomic mass is 10.1. The van der Waals surface area contributed by atoms with Gasteiger partial charge in [-0.2, -0.15) is 13.2 Å². The number of sulfonamides is 1. The Kier molecular flexibility index (Phi) is 9.98. The molecule has 1 aliphatic carbocycles. The Morgan fingerprint density at radius 2 is 1.64 bits per heavy atom. The average Bonchev–Trinajstić information content (AvgIpc) is 3.47. The second-order valence-electron chi connectivity index (χ2n) is 10.2. The molecule has 0 radical (unpaired) electrons. The molecule has 3 aromatic carbocycles. The molecule has 0 unspecified atom stereocenters. The smallest absolute Gasteiger partial charge is 0.352 e. The van der Waals surface area contributed by atoms with Crippen LogP contribution in [0.2, 0.25) is 0 Å². The number of halogens is 4. The van der Waals surface area contributed by atoms with Gasteiger partial charge in [0.2, 0.25) is 11.8 Å². The first-order valence-electron chi connectivity index (χ1n) is 13.5. The van der Waals surface area contributed by atoms with Gasteiger partial charge in [0.1, 0.15) is 12.6 Å². The van der Waals surface area contributed by atoms with Crippen LogP contribution >= 0.6 is 15.9 Å². The van der Waals surface area contributed by atoms with Crippen molar-refractivity contribution in [2.24, 2.45) is 0 Å². The molecule has 3 aromatic rings. The van der Waals surface area contributed by atoms with E-state index in [1.807, 2.05) is 0 Å². The number of benzene rings is 3. The summed E-state index contributed by atoms with van der Waals surface area (Å²) in [5.74, 6) is -1.14. The van der Waals surface area contributed by atoms with Crippen LogP contribution in [0.4, 0.5) is 18.9 Å². The van der Waals surface area contributed by atoms with Gasteiger partial charge in [-0.1, -0.05) is 65.2 Å². The van der Waals surface area contributed by atoms with Gasteiger partial charge in [0.05, 0.1) is 16.1 Å². The van der Waals surface area contributed by atoms with E-state index >= 15 is 0 Å². The van der Waals surface area contributed by atoms with Gasteiger partial charge in [-0.25, -0.2) is 8.42 Å². The molecule has 4 rings (SSSR count). The Morgan fingerprint density at radius 3 is 2.29 bits per heavy atom. The zero-order valence-electron chi connectivity index (χ0n) is 22.9. The Morgan fingerprint density at radius 1 is 0.976 bits per heavy atom. The summed E-state index contributed by atoms with van der Waals surface area (Å²) >= 11 is 3.40. The molecule has 1 saturated carbocycles. The normalized spacial score (nSPS) is 14.8. The van der Waals surface area contributed by atoms with Gasteiger partial charge >= 0.3 is 6.18 Å². The van der Waals surface area contributed by atoms with Crippen LogP contribution in [0.15, 0.2) is 88.2 Å². The number of carbonyl (C=O) groups is 2. The quantitative estimate of drug-likeness (QED) is 0.282. The number of anilines is 1. The number of nitrogens with one attached hydrogen (secondary N) is 1. The number of carbonyl (C=O) groups excluding carboxylic acids is 2. The van der Waals surface area contributed by atoms with Crippen LogP contribution in [0.1, 0.15) is 43.7 Å². The van der Waals surface area contributed by atoms with E-state index in [2.05, 4.69) is 21.2 Å². The van der Waals surface area contributed by atoms with Crippen molar-refractivity contribution in [2.45, 2.75) is 62.3 Å². The van der Waals surface area contributed by atoms with Crippen molar-refractivity contribution in [1.82, 2.24) is 10.2 Å². The highest BCUT2D eigenvalue weighted by Crippen LogP contribution is 2.33. The maximum absolute atomic E-state index is 14.0. The number of amides is 2. The minimum atomic E-state index is -4.73. The molecule has 1 aliphatic rings. The lowest BCUT2D eigenvalue weighted by Gasteiger charge is -2.32. The van der Waals surface area contributed by atoms with Crippen molar-refractivity contribution in [3.8, 4) is 0 Å². The van der Waals surface area contributed by atoms with Crippen molar-refractivity contribution in [3.05, 3.63) is 94.5 Å². The minimum absolute atomic E-state index is 0.0113. The van der Waals surface area contributed by atoms with Crippen molar-refractivity contribution < 1.29 is 31.2 Å². The van der Waals surface area contributed by atoms with Crippen LogP contribution in [-0.4, -0.2) is 43.8 Å². The molecular weight excluding hydrogens is 635 g/mol. The van der Waals surface area contributed by atoms with E-state index in [4.69, 9.17) is 0 Å². The predicted molar refractivity (Wildman–Crippen MR) is 157 cm³/mol. The van der Waals surface area contributed by atoms with E-state index in [0.29, 0.717) is 15.9 Å². The van der Waals surface area contributed by atoms with Crippen LogP contribution in [0.5, 0.6) is 0 Å². The van der Waals surface area contributed by atoms with Crippen LogP contribution in [0.3, 0.4) is 0 Å². The molecule has 7 nitrogen and oxygen atoms in total. The van der Waals surface area contributed by atoms with Gasteiger partial charge in [-0.3, -0.25) is 13.9 Å². The van der Waals surface area contributed by atoms with Gasteiger partial charge in [-0.15, -0.1) is 0 Å². The van der Waals surface area contributed by atoms with Crippen LogP contribution in [0, 0.1) is 0 Å². The number of alkyl halides is 3. The molecule has 1 atom stereocenters. The van der Waals surface area contributed by atoms with E-state index in [9.17, 15) is 31.2 Å². The molecule has 0 heterocycles. The highest BCUT2D eigenvalue weighted by molar-refractivity contribution is 9.10. The van der Waals surface area contributed by atoms with Gasteiger partial charge in [-0.05, 0) is 67.8 Å². The molecule has 224 valence electrons. The summed E-state index contributed by atoms with van der Waals surface area (Å²) in [6.07, 6.45) is -1.10. The van der Waals surface area contributed by atoms with Gasteiger partial charge < -0.3 is 10.2 Å². The summed E-state index contributed by atoms with van der Waals surface area (Å²) in [5.41, 5.74) is -0.710. The lowest BCUT2D eigenvalue weighted by Crippen LogP contribution is -2.52. The van der Waals surface area contributed by atoms with Crippen LogP contribution in [-0.2, 0) is 32.3 Å². The highest BCUT2D eigenvalue weighted by atomic mass is 79.9. The highest BCUT2D eigenvalue weighted by Gasteiger charge is 2.35. The van der Waals surface area contributed by atoms with Crippen LogP contribution in [0.25, 0.3) is 0 Å². The Bertz CT molecular complexity index is 1510. The summed E-state index contributed by atoms with van der Waals surface area (Å²) in [4.78, 5) is 28.3. The molecule has 1 fully saturated rings. The first kappa shape index (κ1) is 31.6. The first-order chi connectivity index (χ1) is 19.9. The number of hydrogen-bond acceptors (Lipinski definition) is 4. The monoisotopic (exact) mass is 665 g/mol. The molecule has 0 aliphatic heterocycles. The minimum Gasteiger partial charge on any atom is -0.352 e. The summed E-state index contributed by atoms with van der Waals surface area (Å²) < 4.78 is 69.7. The standard InChI is InChI=1S/C30H31BrF3N3O4S/c1-21(29(39)35-25-12-5-6-13-25)36(19-22-9-7-11-24(31)17-22)28(38)20-37(42(40,41)27-15-3-2-4-16-27)26-14-8-10-23(18-26)30(32,33)34/h2-4,7-11,14-18,21,25H,5-6,12-13,19-20H2,1H3,(H,35,39)/t21-/m0/s1. The fraction of sp³-hybridized carbons (Fsp3) is 0.333. The van der Waals surface area contributed by atoms with Gasteiger partial charge in [0, 0.05) is 17.1 Å². The summed E-state index contributed by atoms with van der Waals surface area (Å²) in [5, 5.41) is 2.98. The zero-order valence-corrected chi connectivity index (χ0v) is 25.3. The van der Waals surface area contributed by atoms with E-state index in [0.717, 1.165) is 42.3 Å². The average molecular weight is 667 g/mol. The molecule has 0 spiro atoms. The fourth-order valence-corrected chi connectivity index (χ4v) is 6.77. The van der Waals surface area contributed by atoms with Gasteiger partial charge in [0.15, 0.2) is 0 Å². The maximum Gasteiger partial charge on any atom is 0.416 e. The molecular formula is C30H31BrF3N3O4S. The van der Waals surface area contributed by atoms with Crippen molar-refractivity contribution in [3.63, 3.8) is 0 Å². The molecule has 2 amide bonds. The molecule has 0 aromatic heterocycles. The Hall–Kier alpha value is -3.38. The van der Waals surface area contributed by atoms with E-state index in [1.54, 1.807) is 37.3 Å². The third-order valence-electron chi connectivity index (χ3n) is 7.18. The zero-order chi connectivity index (χ0) is 30.5. The molecule has 12 heteroatoms. The number of nitrogens with zero attached hydrogens (tertiary/aromatic N) is 2. The molecule has 0 bridgehead atoms.